The first-order valence-electron chi connectivity index (χ1n) is 8.45. The van der Waals surface area contributed by atoms with Gasteiger partial charge in [-0.05, 0) is 0 Å². The van der Waals surface area contributed by atoms with Crippen LogP contribution in [0, 0.1) is 0 Å². The molecule has 1 unspecified atom stereocenters. The van der Waals surface area contributed by atoms with Crippen LogP contribution in [0.25, 0.3) is 0 Å². The van der Waals surface area contributed by atoms with Crippen molar-refractivity contribution < 1.29 is 4.74 Å². The van der Waals surface area contributed by atoms with Gasteiger partial charge in [-0.15, -0.1) is 0 Å². The summed E-state index contributed by atoms with van der Waals surface area (Å²) in [5, 5.41) is 2.21. The van der Waals surface area contributed by atoms with Crippen LogP contribution in [-0.4, -0.2) is 26.0 Å². The molecular formula is C21H16AsBrN2OS. The minimum atomic E-state index is 0.197. The Kier molecular flexibility index (Phi) is 5.91. The number of rotatable bonds is 5. The predicted octanol–water partition coefficient (Wildman–Crippen LogP) is 5.73. The number of hydrogen-bond acceptors (Lipinski definition) is 4. The number of anilines is 1. The number of nitrogens with zero attached hydrogens (tertiary/aromatic N) is 2. The van der Waals surface area contributed by atoms with E-state index in [9.17, 15) is 0 Å². The number of allylic oxidation sites excluding steroid dienone is 1. The molecule has 0 bridgehead atoms. The first-order chi connectivity index (χ1) is 13.2. The first kappa shape index (κ1) is 18.7. The first-order valence-corrected chi connectivity index (χ1v) is 11.3. The van der Waals surface area contributed by atoms with E-state index in [1.54, 1.807) is 11.8 Å². The quantitative estimate of drug-likeness (QED) is 0.419. The van der Waals surface area contributed by atoms with E-state index in [0.717, 1.165) is 28.2 Å². The third kappa shape index (κ3) is 4.43. The van der Waals surface area contributed by atoms with Gasteiger partial charge in [0.15, 0.2) is 0 Å². The Morgan fingerprint density at radius 3 is 2.52 bits per heavy atom. The second kappa shape index (κ2) is 8.55. The fourth-order valence-electron chi connectivity index (χ4n) is 2.86. The molecule has 0 saturated heterocycles. The van der Waals surface area contributed by atoms with E-state index in [0.29, 0.717) is 0 Å². The van der Waals surface area contributed by atoms with E-state index in [4.69, 9.17) is 4.74 Å². The zero-order valence-electron chi connectivity index (χ0n) is 14.3. The predicted molar refractivity (Wildman–Crippen MR) is 116 cm³/mol. The fraction of sp³-hybridized carbons (Fsp3) is 0.0952. The fourth-order valence-corrected chi connectivity index (χ4v) is 4.92. The summed E-state index contributed by atoms with van der Waals surface area (Å²) in [6.45, 7) is 0. The molecule has 0 saturated carbocycles. The summed E-state index contributed by atoms with van der Waals surface area (Å²) in [6, 6.07) is 22.3. The molecule has 134 valence electrons. The number of benzene rings is 2. The van der Waals surface area contributed by atoms with Crippen molar-refractivity contribution in [1.29, 1.82) is 0 Å². The van der Waals surface area contributed by atoms with Gasteiger partial charge in [0, 0.05) is 0 Å². The van der Waals surface area contributed by atoms with Crippen molar-refractivity contribution in [2.75, 3.05) is 4.90 Å². The number of para-hydroxylation sites is 1. The summed E-state index contributed by atoms with van der Waals surface area (Å²) < 4.78 is 7.26. The molecule has 0 spiro atoms. The van der Waals surface area contributed by atoms with E-state index >= 15 is 0 Å². The van der Waals surface area contributed by atoms with Crippen molar-refractivity contribution in [2.45, 2.75) is 10.6 Å². The molecule has 1 aliphatic rings. The average molecular weight is 499 g/mol. The summed E-state index contributed by atoms with van der Waals surface area (Å²) in [5.74, 6) is 2.34. The molecule has 1 atom stereocenters. The van der Waals surface area contributed by atoms with Crippen molar-refractivity contribution in [2.24, 2.45) is 0 Å². The number of hydrogen-bond donors (Lipinski definition) is 0. The third-order valence-electron chi connectivity index (χ3n) is 4.08. The van der Waals surface area contributed by atoms with E-state index in [1.165, 1.54) is 11.3 Å². The van der Waals surface area contributed by atoms with Gasteiger partial charge in [0.1, 0.15) is 0 Å². The second-order valence-corrected chi connectivity index (χ2v) is 9.65. The van der Waals surface area contributed by atoms with Gasteiger partial charge < -0.3 is 0 Å². The van der Waals surface area contributed by atoms with Gasteiger partial charge in [0.05, 0.1) is 0 Å². The molecule has 27 heavy (non-hydrogen) atoms. The topological polar surface area (TPSA) is 25.4 Å². The molecule has 2 heterocycles. The summed E-state index contributed by atoms with van der Waals surface area (Å²) >= 11 is 8.01. The standard InChI is InChI=1S/C21H16AsBrN2OS/c22-21-25(17(14-27-21)11-15-7-3-1-4-8-15)20-19(12-16(23)13-24-20)26-18-9-5-2-6-10-18/h1-10,12-14,21H,11H2. The molecule has 1 aliphatic heterocycles. The molecule has 0 fully saturated rings. The van der Waals surface area contributed by atoms with Crippen LogP contribution < -0.4 is 9.64 Å². The molecule has 2 radical (unpaired) electrons. The van der Waals surface area contributed by atoms with E-state index < -0.39 is 0 Å². The van der Waals surface area contributed by atoms with Gasteiger partial charge in [-0.3, -0.25) is 0 Å². The Morgan fingerprint density at radius 2 is 1.78 bits per heavy atom. The van der Waals surface area contributed by atoms with Crippen LogP contribution in [0.15, 0.2) is 88.5 Å². The summed E-state index contributed by atoms with van der Waals surface area (Å²) in [7, 11) is 0. The van der Waals surface area contributed by atoms with Gasteiger partial charge in [0.25, 0.3) is 0 Å². The van der Waals surface area contributed by atoms with Crippen LogP contribution in [0.1, 0.15) is 5.56 Å². The normalized spacial score (nSPS) is 16.3. The van der Waals surface area contributed by atoms with Gasteiger partial charge >= 0.3 is 181 Å². The van der Waals surface area contributed by atoms with Crippen molar-refractivity contribution in [3.05, 3.63) is 94.1 Å². The van der Waals surface area contributed by atoms with Gasteiger partial charge in [-0.25, -0.2) is 0 Å². The zero-order valence-corrected chi connectivity index (χ0v) is 18.6. The van der Waals surface area contributed by atoms with E-state index in [-0.39, 0.29) is 4.16 Å². The van der Waals surface area contributed by atoms with E-state index in [2.05, 4.69) is 72.3 Å². The number of pyridine rings is 1. The Morgan fingerprint density at radius 1 is 1.07 bits per heavy atom. The maximum absolute atomic E-state index is 6.17. The van der Waals surface area contributed by atoms with Crippen LogP contribution in [-0.2, 0) is 6.42 Å². The summed E-state index contributed by atoms with van der Waals surface area (Å²) in [5.41, 5.74) is 2.49. The molecule has 2 aromatic carbocycles. The molecular weight excluding hydrogens is 483 g/mol. The Hall–Kier alpha value is -1.68. The van der Waals surface area contributed by atoms with Crippen molar-refractivity contribution in [3.63, 3.8) is 0 Å². The van der Waals surface area contributed by atoms with Crippen LogP contribution in [0.4, 0.5) is 5.82 Å². The third-order valence-corrected chi connectivity index (χ3v) is 6.63. The van der Waals surface area contributed by atoms with Crippen molar-refractivity contribution >= 4 is 50.4 Å². The van der Waals surface area contributed by atoms with Gasteiger partial charge in [0.2, 0.25) is 0 Å². The molecule has 3 aromatic rings. The molecule has 1 aromatic heterocycles. The number of thioether (sulfide) groups is 1. The van der Waals surface area contributed by atoms with Crippen molar-refractivity contribution in [3.8, 4) is 11.5 Å². The Bertz CT molecular complexity index is 953. The maximum atomic E-state index is 6.17. The second-order valence-electron chi connectivity index (χ2n) is 5.99. The molecule has 0 aliphatic carbocycles. The monoisotopic (exact) mass is 498 g/mol. The van der Waals surface area contributed by atoms with Gasteiger partial charge in [-0.1, -0.05) is 0 Å². The number of aromatic nitrogens is 1. The summed E-state index contributed by atoms with van der Waals surface area (Å²) in [6.07, 6.45) is 2.67. The molecule has 0 N–H and O–H groups in total. The SMILES string of the molecule is [As]C1SC=C(Cc2ccccc2)N1c1ncc(Br)cc1Oc1ccccc1. The molecule has 6 heteroatoms. The molecule has 4 rings (SSSR count). The van der Waals surface area contributed by atoms with Crippen molar-refractivity contribution in [1.82, 2.24) is 4.98 Å². The number of halogens is 1. The van der Waals surface area contributed by atoms with Gasteiger partial charge in [-0.2, -0.15) is 0 Å². The van der Waals surface area contributed by atoms with Crippen LogP contribution in [0.5, 0.6) is 11.5 Å². The Labute approximate surface area is 180 Å². The summed E-state index contributed by atoms with van der Waals surface area (Å²) in [4.78, 5) is 6.93. The van der Waals surface area contributed by atoms with Crippen LogP contribution in [0.3, 0.4) is 0 Å². The average Bonchev–Trinajstić information content (AvgIpc) is 3.04. The van der Waals surface area contributed by atoms with Crippen LogP contribution >= 0.6 is 27.7 Å². The zero-order chi connectivity index (χ0) is 18.6. The number of ether oxygens (including phenoxy) is 1. The van der Waals surface area contributed by atoms with E-state index in [1.807, 2.05) is 48.7 Å². The molecule has 0 amide bonds. The molecule has 3 nitrogen and oxygen atoms in total. The minimum absolute atomic E-state index is 0.197. The van der Waals surface area contributed by atoms with Crippen LogP contribution in [0.2, 0.25) is 0 Å². The Balaban J connectivity index is 1.67.